The first-order chi connectivity index (χ1) is 8.15. The largest absolute Gasteiger partial charge is 0.467 e. The SMILES string of the molecule is NNC(c1ccco1)c1ccc(F)c(F)c1Br. The van der Waals surface area contributed by atoms with Gasteiger partial charge in [0.2, 0.25) is 0 Å². The van der Waals surface area contributed by atoms with Crippen molar-refractivity contribution in [2.24, 2.45) is 5.84 Å². The number of halogens is 3. The van der Waals surface area contributed by atoms with Crippen LogP contribution in [0.4, 0.5) is 8.78 Å². The van der Waals surface area contributed by atoms with Gasteiger partial charge in [-0.05, 0) is 39.7 Å². The van der Waals surface area contributed by atoms with Crippen molar-refractivity contribution in [3.63, 3.8) is 0 Å². The molecular weight excluding hydrogens is 294 g/mol. The monoisotopic (exact) mass is 302 g/mol. The van der Waals surface area contributed by atoms with E-state index in [9.17, 15) is 8.78 Å². The molecule has 3 nitrogen and oxygen atoms in total. The third kappa shape index (κ3) is 2.24. The number of hydrogen-bond donors (Lipinski definition) is 2. The van der Waals surface area contributed by atoms with Crippen molar-refractivity contribution >= 4 is 15.9 Å². The van der Waals surface area contributed by atoms with Crippen LogP contribution in [-0.2, 0) is 0 Å². The second-order valence-corrected chi connectivity index (χ2v) is 4.17. The molecule has 0 aliphatic rings. The van der Waals surface area contributed by atoms with Crippen molar-refractivity contribution in [1.82, 2.24) is 5.43 Å². The highest BCUT2D eigenvalue weighted by molar-refractivity contribution is 9.10. The molecule has 1 atom stereocenters. The average Bonchev–Trinajstić information content (AvgIpc) is 2.84. The standard InChI is InChI=1S/C11H9BrF2N2O/c12-9-6(3-4-7(13)10(9)14)11(16-15)8-2-1-5-17-8/h1-5,11,16H,15H2. The van der Waals surface area contributed by atoms with Gasteiger partial charge in [-0.1, -0.05) is 6.07 Å². The van der Waals surface area contributed by atoms with Crippen LogP contribution in [0.5, 0.6) is 0 Å². The van der Waals surface area contributed by atoms with E-state index in [1.807, 2.05) is 0 Å². The predicted molar refractivity (Wildman–Crippen MR) is 61.9 cm³/mol. The second kappa shape index (κ2) is 4.95. The van der Waals surface area contributed by atoms with Crippen molar-refractivity contribution in [1.29, 1.82) is 0 Å². The van der Waals surface area contributed by atoms with Crippen LogP contribution < -0.4 is 11.3 Å². The lowest BCUT2D eigenvalue weighted by Gasteiger charge is -2.15. The van der Waals surface area contributed by atoms with Crippen LogP contribution in [0.1, 0.15) is 17.4 Å². The van der Waals surface area contributed by atoms with E-state index in [0.717, 1.165) is 6.07 Å². The van der Waals surface area contributed by atoms with Gasteiger partial charge in [0.25, 0.3) is 0 Å². The van der Waals surface area contributed by atoms with E-state index in [0.29, 0.717) is 11.3 Å². The molecule has 0 aliphatic carbocycles. The fraction of sp³-hybridized carbons (Fsp3) is 0.0909. The third-order valence-corrected chi connectivity index (χ3v) is 3.18. The van der Waals surface area contributed by atoms with Gasteiger partial charge in [0.15, 0.2) is 11.6 Å². The lowest BCUT2D eigenvalue weighted by atomic mass is 10.1. The molecule has 0 amide bonds. The highest BCUT2D eigenvalue weighted by Crippen LogP contribution is 2.31. The molecule has 90 valence electrons. The van der Waals surface area contributed by atoms with Crippen LogP contribution in [0.2, 0.25) is 0 Å². The highest BCUT2D eigenvalue weighted by atomic mass is 79.9. The normalized spacial score (nSPS) is 12.7. The van der Waals surface area contributed by atoms with Crippen molar-refractivity contribution in [2.75, 3.05) is 0 Å². The van der Waals surface area contributed by atoms with Gasteiger partial charge in [0.05, 0.1) is 10.7 Å². The quantitative estimate of drug-likeness (QED) is 0.521. The van der Waals surface area contributed by atoms with Crippen LogP contribution in [0, 0.1) is 11.6 Å². The zero-order valence-corrected chi connectivity index (χ0v) is 10.2. The highest BCUT2D eigenvalue weighted by Gasteiger charge is 2.21. The predicted octanol–water partition coefficient (Wildman–Crippen LogP) is 2.87. The van der Waals surface area contributed by atoms with Crippen LogP contribution in [0.15, 0.2) is 39.4 Å². The summed E-state index contributed by atoms with van der Waals surface area (Å²) in [6, 6.07) is 5.32. The van der Waals surface area contributed by atoms with Crippen molar-refractivity contribution in [3.8, 4) is 0 Å². The fourth-order valence-corrected chi connectivity index (χ4v) is 2.09. The number of benzene rings is 1. The minimum absolute atomic E-state index is 0.0249. The summed E-state index contributed by atoms with van der Waals surface area (Å²) in [6.07, 6.45) is 1.48. The summed E-state index contributed by atoms with van der Waals surface area (Å²) in [5.74, 6) is 4.05. The maximum Gasteiger partial charge on any atom is 0.173 e. The number of furan rings is 1. The summed E-state index contributed by atoms with van der Waals surface area (Å²) < 4.78 is 31.6. The van der Waals surface area contributed by atoms with Crippen LogP contribution >= 0.6 is 15.9 Å². The molecule has 0 spiro atoms. The summed E-state index contributed by atoms with van der Waals surface area (Å²) in [7, 11) is 0. The molecule has 17 heavy (non-hydrogen) atoms. The van der Waals surface area contributed by atoms with Gasteiger partial charge in [-0.2, -0.15) is 0 Å². The number of hydrazine groups is 1. The summed E-state index contributed by atoms with van der Waals surface area (Å²) >= 11 is 3.01. The first-order valence-corrected chi connectivity index (χ1v) is 5.57. The zero-order valence-electron chi connectivity index (χ0n) is 8.58. The molecule has 0 aliphatic heterocycles. The molecule has 2 aromatic rings. The Hall–Kier alpha value is -1.24. The number of rotatable bonds is 3. The molecule has 3 N–H and O–H groups in total. The molecule has 1 heterocycles. The Bertz CT molecular complexity index is 516. The van der Waals surface area contributed by atoms with Gasteiger partial charge >= 0.3 is 0 Å². The molecule has 1 aromatic carbocycles. The summed E-state index contributed by atoms with van der Waals surface area (Å²) in [5, 5.41) is 0. The molecule has 0 radical (unpaired) electrons. The van der Waals surface area contributed by atoms with E-state index >= 15 is 0 Å². The van der Waals surface area contributed by atoms with Gasteiger partial charge < -0.3 is 4.42 Å². The average molecular weight is 303 g/mol. The Kier molecular flexibility index (Phi) is 3.56. The Balaban J connectivity index is 2.49. The smallest absolute Gasteiger partial charge is 0.173 e. The molecule has 0 saturated heterocycles. The van der Waals surface area contributed by atoms with Crippen LogP contribution in [0.3, 0.4) is 0 Å². The molecule has 1 aromatic heterocycles. The van der Waals surface area contributed by atoms with Gasteiger partial charge in [-0.15, -0.1) is 0 Å². The maximum atomic E-state index is 13.4. The molecule has 0 bridgehead atoms. The van der Waals surface area contributed by atoms with E-state index in [2.05, 4.69) is 21.4 Å². The Morgan fingerprint density at radius 3 is 2.65 bits per heavy atom. The van der Waals surface area contributed by atoms with Gasteiger partial charge in [0, 0.05) is 0 Å². The lowest BCUT2D eigenvalue weighted by molar-refractivity contribution is 0.446. The number of nitrogens with two attached hydrogens (primary N) is 1. The molecule has 0 saturated carbocycles. The summed E-state index contributed by atoms with van der Waals surface area (Å²) in [6.45, 7) is 0. The molecule has 2 rings (SSSR count). The summed E-state index contributed by atoms with van der Waals surface area (Å²) in [5.41, 5.74) is 2.95. The van der Waals surface area contributed by atoms with E-state index in [1.165, 1.54) is 12.3 Å². The minimum Gasteiger partial charge on any atom is -0.467 e. The topological polar surface area (TPSA) is 51.2 Å². The third-order valence-electron chi connectivity index (χ3n) is 2.37. The molecular formula is C11H9BrF2N2O. The van der Waals surface area contributed by atoms with Crippen LogP contribution in [-0.4, -0.2) is 0 Å². The van der Waals surface area contributed by atoms with E-state index < -0.39 is 17.7 Å². The van der Waals surface area contributed by atoms with Crippen molar-refractivity contribution in [2.45, 2.75) is 6.04 Å². The second-order valence-electron chi connectivity index (χ2n) is 3.38. The molecule has 1 unspecified atom stereocenters. The first-order valence-electron chi connectivity index (χ1n) is 4.78. The number of nitrogens with one attached hydrogen (secondary N) is 1. The van der Waals surface area contributed by atoms with Crippen molar-refractivity contribution in [3.05, 3.63) is 58.0 Å². The van der Waals surface area contributed by atoms with E-state index in [-0.39, 0.29) is 4.47 Å². The number of hydrogen-bond acceptors (Lipinski definition) is 3. The Labute approximate surface area is 105 Å². The van der Waals surface area contributed by atoms with Gasteiger partial charge in [-0.3, -0.25) is 5.84 Å². The van der Waals surface area contributed by atoms with E-state index in [4.69, 9.17) is 10.3 Å². The van der Waals surface area contributed by atoms with Crippen LogP contribution in [0.25, 0.3) is 0 Å². The summed E-state index contributed by atoms with van der Waals surface area (Å²) in [4.78, 5) is 0. The zero-order chi connectivity index (χ0) is 12.4. The molecule has 6 heteroatoms. The van der Waals surface area contributed by atoms with Crippen molar-refractivity contribution < 1.29 is 13.2 Å². The van der Waals surface area contributed by atoms with E-state index in [1.54, 1.807) is 12.1 Å². The first kappa shape index (κ1) is 12.2. The maximum absolute atomic E-state index is 13.4. The minimum atomic E-state index is -0.950. The van der Waals surface area contributed by atoms with Gasteiger partial charge in [0.1, 0.15) is 11.8 Å². The fourth-order valence-electron chi connectivity index (χ4n) is 1.54. The van der Waals surface area contributed by atoms with Gasteiger partial charge in [-0.25, -0.2) is 14.2 Å². The molecule has 0 fully saturated rings. The Morgan fingerprint density at radius 1 is 1.29 bits per heavy atom. The Morgan fingerprint density at radius 2 is 2.06 bits per heavy atom. The lowest BCUT2D eigenvalue weighted by Crippen LogP contribution is -2.29.